The van der Waals surface area contributed by atoms with E-state index in [0.717, 1.165) is 24.3 Å². The fraction of sp³-hybridized carbons (Fsp3) is 0.214. The van der Waals surface area contributed by atoms with Crippen molar-refractivity contribution in [2.24, 2.45) is 4.99 Å². The highest BCUT2D eigenvalue weighted by molar-refractivity contribution is 6.02. The zero-order valence-electron chi connectivity index (χ0n) is 10.9. The number of hydrogen-bond donors (Lipinski definition) is 0. The van der Waals surface area contributed by atoms with E-state index in [1.54, 1.807) is 0 Å². The van der Waals surface area contributed by atoms with Crippen molar-refractivity contribution >= 4 is 11.4 Å². The quantitative estimate of drug-likeness (QED) is 0.534. The number of halogens is 6. The molecule has 1 aromatic rings. The second-order valence-electron chi connectivity index (χ2n) is 3.95. The number of allylic oxidation sites excluding steroid dienone is 2. The van der Waals surface area contributed by atoms with Crippen LogP contribution in [0.25, 0.3) is 5.70 Å². The highest BCUT2D eigenvalue weighted by Gasteiger charge is 2.34. The summed E-state index contributed by atoms with van der Waals surface area (Å²) < 4.78 is 75.0. The summed E-state index contributed by atoms with van der Waals surface area (Å²) in [5.41, 5.74) is -2.04. The second-order valence-corrected chi connectivity index (χ2v) is 3.95. The maximum atomic E-state index is 12.6. The summed E-state index contributed by atoms with van der Waals surface area (Å²) in [7, 11) is 0. The Morgan fingerprint density at radius 2 is 1.57 bits per heavy atom. The highest BCUT2D eigenvalue weighted by atomic mass is 19.4. The van der Waals surface area contributed by atoms with Gasteiger partial charge in [0.1, 0.15) is 5.71 Å². The Morgan fingerprint density at radius 3 is 1.90 bits per heavy atom. The average Bonchev–Trinajstić information content (AvgIpc) is 2.38. The van der Waals surface area contributed by atoms with Crippen LogP contribution in [0.15, 0.2) is 48.0 Å². The fourth-order valence-corrected chi connectivity index (χ4v) is 1.48. The van der Waals surface area contributed by atoms with Crippen molar-refractivity contribution in [3.05, 3.63) is 54.1 Å². The summed E-state index contributed by atoms with van der Waals surface area (Å²) in [5.74, 6) is 0. The van der Waals surface area contributed by atoms with Gasteiger partial charge in [0.2, 0.25) is 0 Å². The molecular formula is C14H11F6N. The maximum absolute atomic E-state index is 12.6. The van der Waals surface area contributed by atoms with Gasteiger partial charge in [-0.1, -0.05) is 24.8 Å². The topological polar surface area (TPSA) is 12.4 Å². The Hall–Kier alpha value is -2.05. The standard InChI is InChI=1S/C14H11F6N/c1-3-11(21-12(4-2)14(18,19)20)9-5-7-10(8-6-9)13(15,16)17/h3-8H,2H2,1H3/b11-3-,21-12+. The summed E-state index contributed by atoms with van der Waals surface area (Å²) in [6.45, 7) is 4.47. The van der Waals surface area contributed by atoms with Crippen molar-refractivity contribution in [2.45, 2.75) is 19.3 Å². The number of rotatable bonds is 3. The molecule has 0 fully saturated rings. The van der Waals surface area contributed by atoms with Crippen LogP contribution < -0.4 is 0 Å². The fourth-order valence-electron chi connectivity index (χ4n) is 1.48. The zero-order chi connectivity index (χ0) is 16.3. The first-order valence-electron chi connectivity index (χ1n) is 5.72. The van der Waals surface area contributed by atoms with Crippen LogP contribution in [-0.4, -0.2) is 11.9 Å². The Morgan fingerprint density at radius 1 is 1.05 bits per heavy atom. The van der Waals surface area contributed by atoms with E-state index in [1.165, 1.54) is 13.0 Å². The predicted octanol–water partition coefficient (Wildman–Crippen LogP) is 5.26. The van der Waals surface area contributed by atoms with Crippen molar-refractivity contribution < 1.29 is 26.3 Å². The summed E-state index contributed by atoms with van der Waals surface area (Å²) in [5, 5.41) is 0. The smallest absolute Gasteiger partial charge is 0.244 e. The molecule has 0 aromatic heterocycles. The molecular weight excluding hydrogens is 296 g/mol. The van der Waals surface area contributed by atoms with Gasteiger partial charge < -0.3 is 0 Å². The third-order valence-electron chi connectivity index (χ3n) is 2.51. The third kappa shape index (κ3) is 4.47. The van der Waals surface area contributed by atoms with Crippen LogP contribution in [-0.2, 0) is 6.18 Å². The van der Waals surface area contributed by atoms with Crippen molar-refractivity contribution in [1.29, 1.82) is 0 Å². The van der Waals surface area contributed by atoms with Crippen LogP contribution in [0.2, 0.25) is 0 Å². The van der Waals surface area contributed by atoms with Crippen molar-refractivity contribution in [2.75, 3.05) is 0 Å². The molecule has 1 rings (SSSR count). The first-order chi connectivity index (χ1) is 9.59. The van der Waals surface area contributed by atoms with Crippen molar-refractivity contribution in [1.82, 2.24) is 0 Å². The minimum absolute atomic E-state index is 0.0871. The van der Waals surface area contributed by atoms with E-state index in [1.807, 2.05) is 0 Å². The second kappa shape index (κ2) is 6.15. The molecule has 1 aromatic carbocycles. The van der Waals surface area contributed by atoms with Gasteiger partial charge >= 0.3 is 12.4 Å². The average molecular weight is 307 g/mol. The maximum Gasteiger partial charge on any atom is 0.433 e. The number of hydrogen-bond acceptors (Lipinski definition) is 1. The van der Waals surface area contributed by atoms with E-state index in [-0.39, 0.29) is 11.3 Å². The molecule has 0 aliphatic carbocycles. The molecule has 0 bridgehead atoms. The van der Waals surface area contributed by atoms with Crippen LogP contribution in [0.3, 0.4) is 0 Å². The molecule has 0 N–H and O–H groups in total. The van der Waals surface area contributed by atoms with E-state index >= 15 is 0 Å². The lowest BCUT2D eigenvalue weighted by Gasteiger charge is -2.10. The van der Waals surface area contributed by atoms with Gasteiger partial charge in [0.05, 0.1) is 11.3 Å². The van der Waals surface area contributed by atoms with E-state index in [0.29, 0.717) is 6.08 Å². The van der Waals surface area contributed by atoms with Crippen molar-refractivity contribution in [3.63, 3.8) is 0 Å². The minimum Gasteiger partial charge on any atom is -0.244 e. The molecule has 0 saturated carbocycles. The predicted molar refractivity (Wildman–Crippen MR) is 68.8 cm³/mol. The summed E-state index contributed by atoms with van der Waals surface area (Å²) in [4.78, 5) is 3.40. The Labute approximate surface area is 117 Å². The Kier molecular flexibility index (Phi) is 4.98. The molecule has 0 saturated heterocycles. The Bertz CT molecular complexity index is 561. The van der Waals surface area contributed by atoms with Gasteiger partial charge in [-0.25, -0.2) is 4.99 Å². The van der Waals surface area contributed by atoms with Crippen LogP contribution in [0.1, 0.15) is 18.1 Å². The Balaban J connectivity index is 3.19. The van der Waals surface area contributed by atoms with Crippen LogP contribution in [0.4, 0.5) is 26.3 Å². The number of benzene rings is 1. The molecule has 0 heterocycles. The molecule has 0 radical (unpaired) electrons. The molecule has 114 valence electrons. The SMILES string of the molecule is C=C/C(=N\C(=C/C)c1ccc(C(F)(F)F)cc1)C(F)(F)F. The van der Waals surface area contributed by atoms with Gasteiger partial charge in [-0.3, -0.25) is 0 Å². The summed E-state index contributed by atoms with van der Waals surface area (Å²) >= 11 is 0. The number of alkyl halides is 6. The van der Waals surface area contributed by atoms with Crippen molar-refractivity contribution in [3.8, 4) is 0 Å². The number of aliphatic imine (C=N–C) groups is 1. The molecule has 21 heavy (non-hydrogen) atoms. The molecule has 0 spiro atoms. The van der Waals surface area contributed by atoms with Gasteiger partial charge in [-0.05, 0) is 30.7 Å². The van der Waals surface area contributed by atoms with Gasteiger partial charge in [0, 0.05) is 0 Å². The molecule has 1 nitrogen and oxygen atoms in total. The van der Waals surface area contributed by atoms with Gasteiger partial charge in [-0.2, -0.15) is 26.3 Å². The first kappa shape index (κ1) is 17.0. The molecule has 0 atom stereocenters. The molecule has 0 unspecified atom stereocenters. The molecule has 7 heteroatoms. The molecule has 0 aliphatic rings. The van der Waals surface area contributed by atoms with E-state index in [9.17, 15) is 26.3 Å². The monoisotopic (exact) mass is 307 g/mol. The summed E-state index contributed by atoms with van der Waals surface area (Å²) in [6.07, 6.45) is -7.36. The van der Waals surface area contributed by atoms with E-state index < -0.39 is 23.6 Å². The highest BCUT2D eigenvalue weighted by Crippen LogP contribution is 2.30. The minimum atomic E-state index is -4.68. The summed E-state index contributed by atoms with van der Waals surface area (Å²) in [6, 6.07) is 3.71. The van der Waals surface area contributed by atoms with E-state index in [4.69, 9.17) is 0 Å². The molecule has 0 aliphatic heterocycles. The van der Waals surface area contributed by atoms with E-state index in [2.05, 4.69) is 11.6 Å². The van der Waals surface area contributed by atoms with Crippen LogP contribution in [0.5, 0.6) is 0 Å². The van der Waals surface area contributed by atoms with Gasteiger partial charge in [0.15, 0.2) is 0 Å². The lowest BCUT2D eigenvalue weighted by molar-refractivity contribution is -0.137. The largest absolute Gasteiger partial charge is 0.433 e. The lowest BCUT2D eigenvalue weighted by atomic mass is 10.1. The number of nitrogens with zero attached hydrogens (tertiary/aromatic N) is 1. The zero-order valence-corrected chi connectivity index (χ0v) is 10.9. The molecule has 0 amide bonds. The third-order valence-corrected chi connectivity index (χ3v) is 2.51. The van der Waals surface area contributed by atoms with Crippen LogP contribution in [0, 0.1) is 0 Å². The first-order valence-corrected chi connectivity index (χ1v) is 5.72. The van der Waals surface area contributed by atoms with Gasteiger partial charge in [-0.15, -0.1) is 0 Å². The van der Waals surface area contributed by atoms with Gasteiger partial charge in [0.25, 0.3) is 0 Å². The lowest BCUT2D eigenvalue weighted by Crippen LogP contribution is -2.20. The normalized spacial score (nSPS) is 14.2. The van der Waals surface area contributed by atoms with Crippen LogP contribution >= 0.6 is 0 Å².